The smallest absolute Gasteiger partial charge is 0.163 e. The van der Waals surface area contributed by atoms with Crippen LogP contribution in [0.3, 0.4) is 0 Å². The number of fused-ring (bicyclic) bond motifs is 9. The third-order valence-corrected chi connectivity index (χ3v) is 12.6. The summed E-state index contributed by atoms with van der Waals surface area (Å²) >= 11 is 1.90. The van der Waals surface area contributed by atoms with Gasteiger partial charge in [-0.05, 0) is 79.6 Å². The van der Waals surface area contributed by atoms with E-state index in [9.17, 15) is 0 Å². The van der Waals surface area contributed by atoms with E-state index in [1.54, 1.807) is 0 Å². The maximum atomic E-state index is 5.13. The number of thiophene rings is 1. The lowest BCUT2D eigenvalue weighted by Gasteiger charge is -2.21. The monoisotopic (exact) mass is 721 g/mol. The van der Waals surface area contributed by atoms with Crippen molar-refractivity contribution in [2.24, 2.45) is 0 Å². The second-order valence-corrected chi connectivity index (χ2v) is 15.7. The Morgan fingerprint density at radius 2 is 1.20 bits per heavy atom. The van der Waals surface area contributed by atoms with E-state index in [0.717, 1.165) is 41.5 Å². The molecule has 0 spiro atoms. The average molecular weight is 722 g/mol. The molecule has 0 amide bonds. The van der Waals surface area contributed by atoms with Gasteiger partial charge in [0.1, 0.15) is 5.82 Å². The Morgan fingerprint density at radius 3 is 1.98 bits per heavy atom. The molecular formula is C51H35N3S. The van der Waals surface area contributed by atoms with Crippen molar-refractivity contribution in [3.8, 4) is 22.5 Å². The zero-order valence-corrected chi connectivity index (χ0v) is 30.9. The third-order valence-electron chi connectivity index (χ3n) is 11.4. The number of allylic oxidation sites excluding steroid dienone is 8. The van der Waals surface area contributed by atoms with Gasteiger partial charge in [0.15, 0.2) is 11.6 Å². The van der Waals surface area contributed by atoms with Crippen LogP contribution >= 0.6 is 11.3 Å². The van der Waals surface area contributed by atoms with Crippen molar-refractivity contribution in [1.82, 2.24) is 15.0 Å². The van der Waals surface area contributed by atoms with Crippen molar-refractivity contribution in [2.45, 2.75) is 24.7 Å². The van der Waals surface area contributed by atoms with Gasteiger partial charge >= 0.3 is 0 Å². The SMILES string of the molecule is C1=CCC(c2nc(C3=CC=CC(c4cccc5sc6c(-c7ccc8c9ccccc9c9ccccc9c8c7)cccc6c45)C3)nc(-c3ccccc3)n2)C=C1. The van der Waals surface area contributed by atoms with Gasteiger partial charge in [-0.15, -0.1) is 11.3 Å². The summed E-state index contributed by atoms with van der Waals surface area (Å²) in [6.07, 6.45) is 17.0. The number of hydrogen-bond donors (Lipinski definition) is 0. The van der Waals surface area contributed by atoms with Crippen molar-refractivity contribution in [1.29, 1.82) is 0 Å². The van der Waals surface area contributed by atoms with E-state index in [-0.39, 0.29) is 11.8 Å². The van der Waals surface area contributed by atoms with Crippen LogP contribution in [-0.2, 0) is 0 Å². The highest BCUT2D eigenvalue weighted by Crippen LogP contribution is 2.46. The zero-order valence-electron chi connectivity index (χ0n) is 30.1. The summed E-state index contributed by atoms with van der Waals surface area (Å²) < 4.78 is 2.64. The maximum Gasteiger partial charge on any atom is 0.163 e. The van der Waals surface area contributed by atoms with Gasteiger partial charge in [0.25, 0.3) is 0 Å². The van der Waals surface area contributed by atoms with Crippen molar-refractivity contribution < 1.29 is 0 Å². The van der Waals surface area contributed by atoms with Crippen molar-refractivity contribution in [3.63, 3.8) is 0 Å². The maximum absolute atomic E-state index is 5.13. The summed E-state index contributed by atoms with van der Waals surface area (Å²) in [7, 11) is 0. The minimum absolute atomic E-state index is 0.130. The van der Waals surface area contributed by atoms with Gasteiger partial charge in [-0.1, -0.05) is 164 Å². The molecule has 9 aromatic rings. The third kappa shape index (κ3) is 5.44. The standard InChI is InChI=1S/C51H35N3S/c1-3-14-32(15-4-1)49-52-50(33-16-5-2-6-17-33)54-51(53-49)36-19-11-18-34(30-36)37-24-13-27-46-47(37)44-26-12-25-38(48(44)55-46)35-28-29-43-41-22-8-7-20-39(41)40-21-9-10-23-42(40)45(43)31-35/h1-16,18-29,31,33-34H,17,30H2. The van der Waals surface area contributed by atoms with Crippen LogP contribution in [-0.4, -0.2) is 15.0 Å². The predicted molar refractivity (Wildman–Crippen MR) is 233 cm³/mol. The van der Waals surface area contributed by atoms with Crippen LogP contribution < -0.4 is 0 Å². The van der Waals surface area contributed by atoms with E-state index in [0.29, 0.717) is 0 Å². The Kier molecular flexibility index (Phi) is 7.63. The van der Waals surface area contributed by atoms with Crippen LogP contribution in [0, 0.1) is 0 Å². The van der Waals surface area contributed by atoms with Crippen molar-refractivity contribution >= 4 is 69.4 Å². The Bertz CT molecular complexity index is 3080. The van der Waals surface area contributed by atoms with Gasteiger partial charge < -0.3 is 0 Å². The summed E-state index contributed by atoms with van der Waals surface area (Å²) in [4.78, 5) is 15.2. The van der Waals surface area contributed by atoms with Gasteiger partial charge in [0.2, 0.25) is 0 Å². The van der Waals surface area contributed by atoms with Gasteiger partial charge in [0, 0.05) is 37.6 Å². The largest absolute Gasteiger partial charge is 0.213 e. The Morgan fingerprint density at radius 1 is 0.509 bits per heavy atom. The molecular weight excluding hydrogens is 687 g/mol. The molecule has 2 aromatic heterocycles. The molecule has 2 aliphatic carbocycles. The molecule has 0 radical (unpaired) electrons. The number of benzene rings is 7. The van der Waals surface area contributed by atoms with Crippen LogP contribution in [0.4, 0.5) is 0 Å². The van der Waals surface area contributed by atoms with Crippen molar-refractivity contribution in [2.75, 3.05) is 0 Å². The van der Waals surface area contributed by atoms with Crippen LogP contribution in [0.5, 0.6) is 0 Å². The molecule has 2 heterocycles. The average Bonchev–Trinajstić information content (AvgIpc) is 3.66. The van der Waals surface area contributed by atoms with Crippen LogP contribution in [0.15, 0.2) is 176 Å². The molecule has 11 rings (SSSR count). The Hall–Kier alpha value is -6.49. The first-order valence-corrected chi connectivity index (χ1v) is 19.9. The number of aromatic nitrogens is 3. The first-order chi connectivity index (χ1) is 27.3. The molecule has 0 bridgehead atoms. The lowest BCUT2D eigenvalue weighted by molar-refractivity contribution is 0.752. The molecule has 0 saturated carbocycles. The molecule has 2 atom stereocenters. The summed E-state index contributed by atoms with van der Waals surface area (Å²) in [6, 6.07) is 48.6. The molecule has 260 valence electrons. The highest BCUT2D eigenvalue weighted by Gasteiger charge is 2.24. The van der Waals surface area contributed by atoms with Gasteiger partial charge in [-0.25, -0.2) is 15.0 Å². The van der Waals surface area contributed by atoms with Gasteiger partial charge in [0.05, 0.1) is 0 Å². The molecule has 0 N–H and O–H groups in total. The normalized spacial score (nSPS) is 16.8. The Labute approximate surface area is 323 Å². The highest BCUT2D eigenvalue weighted by molar-refractivity contribution is 7.26. The molecule has 4 heteroatoms. The summed E-state index contributed by atoms with van der Waals surface area (Å²) in [6.45, 7) is 0. The first kappa shape index (κ1) is 32.0. The van der Waals surface area contributed by atoms with Crippen LogP contribution in [0.25, 0.3) is 80.6 Å². The number of nitrogens with zero attached hydrogens (tertiary/aromatic N) is 3. The van der Waals surface area contributed by atoms with E-state index in [1.165, 1.54) is 69.2 Å². The second-order valence-electron chi connectivity index (χ2n) is 14.6. The van der Waals surface area contributed by atoms with Crippen LogP contribution in [0.1, 0.15) is 41.9 Å². The number of rotatable bonds is 5. The summed E-state index contributed by atoms with van der Waals surface area (Å²) in [5, 5.41) is 10.5. The van der Waals surface area contributed by atoms with Gasteiger partial charge in [-0.3, -0.25) is 0 Å². The zero-order chi connectivity index (χ0) is 36.3. The topological polar surface area (TPSA) is 38.7 Å². The summed E-state index contributed by atoms with van der Waals surface area (Å²) in [5.74, 6) is 2.63. The molecule has 0 aliphatic heterocycles. The fourth-order valence-corrected chi connectivity index (χ4v) is 10.0. The van der Waals surface area contributed by atoms with E-state index < -0.39 is 0 Å². The molecule has 0 saturated heterocycles. The minimum Gasteiger partial charge on any atom is -0.213 e. The van der Waals surface area contributed by atoms with E-state index in [2.05, 4.69) is 158 Å². The predicted octanol–water partition coefficient (Wildman–Crippen LogP) is 13.8. The highest BCUT2D eigenvalue weighted by atomic mass is 32.1. The molecule has 2 unspecified atom stereocenters. The molecule has 7 aromatic carbocycles. The van der Waals surface area contributed by atoms with E-state index in [1.807, 2.05) is 29.5 Å². The molecule has 2 aliphatic rings. The summed E-state index contributed by atoms with van der Waals surface area (Å²) in [5.41, 5.74) is 6.01. The Balaban J connectivity index is 1.00. The van der Waals surface area contributed by atoms with Crippen molar-refractivity contribution in [3.05, 3.63) is 193 Å². The fourth-order valence-electron chi connectivity index (χ4n) is 8.74. The second kappa shape index (κ2) is 13.1. The van der Waals surface area contributed by atoms with Gasteiger partial charge in [-0.2, -0.15) is 0 Å². The molecule has 3 nitrogen and oxygen atoms in total. The lowest BCUT2D eigenvalue weighted by atomic mass is 9.85. The van der Waals surface area contributed by atoms with Crippen LogP contribution in [0.2, 0.25) is 0 Å². The molecule has 55 heavy (non-hydrogen) atoms. The minimum atomic E-state index is 0.130. The molecule has 0 fully saturated rings. The quantitative estimate of drug-likeness (QED) is 0.166. The first-order valence-electron chi connectivity index (χ1n) is 19.1. The van der Waals surface area contributed by atoms with E-state index >= 15 is 0 Å². The number of hydrogen-bond acceptors (Lipinski definition) is 4. The lowest BCUT2D eigenvalue weighted by Crippen LogP contribution is -2.11. The fraction of sp³-hybridized carbons (Fsp3) is 0.0784. The van der Waals surface area contributed by atoms with E-state index in [4.69, 9.17) is 15.0 Å².